The fourth-order valence-corrected chi connectivity index (χ4v) is 2.14. The van der Waals surface area contributed by atoms with Gasteiger partial charge in [0.2, 0.25) is 6.79 Å². The molecule has 1 aliphatic heterocycles. The molecular formula is C17H18O5. The van der Waals surface area contributed by atoms with Crippen molar-refractivity contribution in [2.45, 2.75) is 6.42 Å². The second-order valence-corrected chi connectivity index (χ2v) is 4.72. The normalized spacial score (nSPS) is 12.0. The summed E-state index contributed by atoms with van der Waals surface area (Å²) in [4.78, 5) is 0. The van der Waals surface area contributed by atoms with Gasteiger partial charge < -0.3 is 23.7 Å². The van der Waals surface area contributed by atoms with Crippen LogP contribution in [0.25, 0.3) is 0 Å². The first-order valence-corrected chi connectivity index (χ1v) is 7.15. The largest absolute Gasteiger partial charge is 0.493 e. The van der Waals surface area contributed by atoms with E-state index in [1.807, 2.05) is 42.5 Å². The molecule has 0 unspecified atom stereocenters. The Morgan fingerprint density at radius 3 is 2.55 bits per heavy atom. The standard InChI is InChI=1S/C17H18O5/c1-18-14-5-2-3-6-15(14)20-10-4-9-19-13-7-8-16-17(11-13)22-12-21-16/h2-3,5-8,11H,4,9-10,12H2,1H3. The Balaban J connectivity index is 1.42. The molecule has 0 saturated heterocycles. The molecule has 0 aromatic heterocycles. The fourth-order valence-electron chi connectivity index (χ4n) is 2.14. The summed E-state index contributed by atoms with van der Waals surface area (Å²) in [6.45, 7) is 1.39. The zero-order valence-corrected chi connectivity index (χ0v) is 12.4. The molecular weight excluding hydrogens is 284 g/mol. The SMILES string of the molecule is COc1ccccc1OCCCOc1ccc2c(c1)OCO2. The van der Waals surface area contributed by atoms with Crippen LogP contribution in [-0.2, 0) is 0 Å². The average molecular weight is 302 g/mol. The first kappa shape index (κ1) is 14.4. The lowest BCUT2D eigenvalue weighted by atomic mass is 10.3. The predicted octanol–water partition coefficient (Wildman–Crippen LogP) is 3.27. The fraction of sp³-hybridized carbons (Fsp3) is 0.294. The Hall–Kier alpha value is -2.56. The molecule has 0 spiro atoms. The summed E-state index contributed by atoms with van der Waals surface area (Å²) in [6, 6.07) is 13.1. The first-order valence-electron chi connectivity index (χ1n) is 7.15. The molecule has 0 aliphatic carbocycles. The van der Waals surface area contributed by atoms with E-state index in [0.29, 0.717) is 13.2 Å². The van der Waals surface area contributed by atoms with Gasteiger partial charge in [-0.05, 0) is 24.3 Å². The number of rotatable bonds is 7. The van der Waals surface area contributed by atoms with Gasteiger partial charge in [0, 0.05) is 12.5 Å². The summed E-state index contributed by atoms with van der Waals surface area (Å²) in [7, 11) is 1.63. The van der Waals surface area contributed by atoms with Crippen LogP contribution in [-0.4, -0.2) is 27.1 Å². The Morgan fingerprint density at radius 2 is 1.68 bits per heavy atom. The van der Waals surface area contributed by atoms with Crippen molar-refractivity contribution >= 4 is 0 Å². The summed E-state index contributed by atoms with van der Waals surface area (Å²) in [5.74, 6) is 3.73. The van der Waals surface area contributed by atoms with E-state index >= 15 is 0 Å². The van der Waals surface area contributed by atoms with Gasteiger partial charge in [0.1, 0.15) is 5.75 Å². The van der Waals surface area contributed by atoms with E-state index in [-0.39, 0.29) is 6.79 Å². The predicted molar refractivity (Wildman–Crippen MR) is 81.2 cm³/mol. The molecule has 0 saturated carbocycles. The van der Waals surface area contributed by atoms with Crippen molar-refractivity contribution in [1.29, 1.82) is 0 Å². The minimum Gasteiger partial charge on any atom is -0.493 e. The van der Waals surface area contributed by atoms with Crippen molar-refractivity contribution in [3.8, 4) is 28.7 Å². The lowest BCUT2D eigenvalue weighted by molar-refractivity contribution is 0.173. The van der Waals surface area contributed by atoms with Crippen LogP contribution >= 0.6 is 0 Å². The number of ether oxygens (including phenoxy) is 5. The molecule has 2 aromatic rings. The van der Waals surface area contributed by atoms with Gasteiger partial charge in [-0.2, -0.15) is 0 Å². The lowest BCUT2D eigenvalue weighted by Gasteiger charge is -2.11. The van der Waals surface area contributed by atoms with Gasteiger partial charge in [0.15, 0.2) is 23.0 Å². The smallest absolute Gasteiger partial charge is 0.231 e. The molecule has 22 heavy (non-hydrogen) atoms. The van der Waals surface area contributed by atoms with E-state index in [1.165, 1.54) is 0 Å². The summed E-state index contributed by atoms with van der Waals surface area (Å²) in [5.41, 5.74) is 0. The maximum Gasteiger partial charge on any atom is 0.231 e. The molecule has 1 heterocycles. The monoisotopic (exact) mass is 302 g/mol. The molecule has 0 fully saturated rings. The second-order valence-electron chi connectivity index (χ2n) is 4.72. The number of fused-ring (bicyclic) bond motifs is 1. The molecule has 3 rings (SSSR count). The van der Waals surface area contributed by atoms with Crippen molar-refractivity contribution in [3.05, 3.63) is 42.5 Å². The Labute approximate surface area is 129 Å². The van der Waals surface area contributed by atoms with E-state index in [9.17, 15) is 0 Å². The van der Waals surface area contributed by atoms with Crippen LogP contribution in [0.15, 0.2) is 42.5 Å². The highest BCUT2D eigenvalue weighted by Crippen LogP contribution is 2.35. The number of hydrogen-bond acceptors (Lipinski definition) is 5. The minimum absolute atomic E-state index is 0.269. The van der Waals surface area contributed by atoms with Crippen molar-refractivity contribution in [2.75, 3.05) is 27.1 Å². The Bertz CT molecular complexity index is 626. The maximum absolute atomic E-state index is 5.69. The number of methoxy groups -OCH3 is 1. The molecule has 5 heteroatoms. The molecule has 0 N–H and O–H groups in total. The number of para-hydroxylation sites is 2. The third-order valence-electron chi connectivity index (χ3n) is 3.23. The van der Waals surface area contributed by atoms with Crippen LogP contribution < -0.4 is 23.7 Å². The van der Waals surface area contributed by atoms with E-state index in [0.717, 1.165) is 35.2 Å². The maximum atomic E-state index is 5.69. The van der Waals surface area contributed by atoms with Gasteiger partial charge >= 0.3 is 0 Å². The van der Waals surface area contributed by atoms with Gasteiger partial charge in [0.05, 0.1) is 20.3 Å². The van der Waals surface area contributed by atoms with Crippen LogP contribution in [0.5, 0.6) is 28.7 Å². The minimum atomic E-state index is 0.269. The summed E-state index contributed by atoms with van der Waals surface area (Å²) in [5, 5.41) is 0. The van der Waals surface area contributed by atoms with Crippen molar-refractivity contribution in [3.63, 3.8) is 0 Å². The Kier molecular flexibility index (Phi) is 4.53. The second kappa shape index (κ2) is 6.93. The van der Waals surface area contributed by atoms with Crippen molar-refractivity contribution < 1.29 is 23.7 Å². The van der Waals surface area contributed by atoms with Crippen LogP contribution in [0.4, 0.5) is 0 Å². The molecule has 1 aliphatic rings. The van der Waals surface area contributed by atoms with Gasteiger partial charge in [-0.15, -0.1) is 0 Å². The molecule has 0 amide bonds. The number of benzene rings is 2. The molecule has 116 valence electrons. The highest BCUT2D eigenvalue weighted by Gasteiger charge is 2.13. The summed E-state index contributed by atoms with van der Waals surface area (Å²) >= 11 is 0. The average Bonchev–Trinajstić information content (AvgIpc) is 3.02. The van der Waals surface area contributed by atoms with Crippen molar-refractivity contribution in [1.82, 2.24) is 0 Å². The van der Waals surface area contributed by atoms with E-state index in [4.69, 9.17) is 23.7 Å². The molecule has 0 bridgehead atoms. The van der Waals surface area contributed by atoms with Crippen LogP contribution in [0.2, 0.25) is 0 Å². The number of hydrogen-bond donors (Lipinski definition) is 0. The quantitative estimate of drug-likeness (QED) is 0.735. The highest BCUT2D eigenvalue weighted by molar-refractivity contribution is 5.46. The Morgan fingerprint density at radius 1 is 0.909 bits per heavy atom. The lowest BCUT2D eigenvalue weighted by Crippen LogP contribution is -2.05. The van der Waals surface area contributed by atoms with Crippen molar-refractivity contribution in [2.24, 2.45) is 0 Å². The van der Waals surface area contributed by atoms with Crippen LogP contribution in [0.1, 0.15) is 6.42 Å². The van der Waals surface area contributed by atoms with E-state index in [2.05, 4.69) is 0 Å². The molecule has 0 atom stereocenters. The summed E-state index contributed by atoms with van der Waals surface area (Å²) < 4.78 is 27.2. The van der Waals surface area contributed by atoms with Gasteiger partial charge in [-0.3, -0.25) is 0 Å². The third kappa shape index (κ3) is 3.36. The zero-order chi connectivity index (χ0) is 15.2. The molecule has 2 aromatic carbocycles. The van der Waals surface area contributed by atoms with Gasteiger partial charge in [-0.25, -0.2) is 0 Å². The molecule has 0 radical (unpaired) electrons. The molecule has 5 nitrogen and oxygen atoms in total. The van der Waals surface area contributed by atoms with E-state index in [1.54, 1.807) is 7.11 Å². The van der Waals surface area contributed by atoms with Gasteiger partial charge in [-0.1, -0.05) is 12.1 Å². The topological polar surface area (TPSA) is 46.2 Å². The summed E-state index contributed by atoms with van der Waals surface area (Å²) in [6.07, 6.45) is 0.770. The van der Waals surface area contributed by atoms with Crippen LogP contribution in [0.3, 0.4) is 0 Å². The van der Waals surface area contributed by atoms with E-state index < -0.39 is 0 Å². The first-order chi connectivity index (χ1) is 10.9. The highest BCUT2D eigenvalue weighted by atomic mass is 16.7. The third-order valence-corrected chi connectivity index (χ3v) is 3.23. The van der Waals surface area contributed by atoms with Crippen LogP contribution in [0, 0.1) is 0 Å². The van der Waals surface area contributed by atoms with Gasteiger partial charge in [0.25, 0.3) is 0 Å². The zero-order valence-electron chi connectivity index (χ0n) is 12.4.